The van der Waals surface area contributed by atoms with E-state index in [-0.39, 0.29) is 11.3 Å². The highest BCUT2D eigenvalue weighted by molar-refractivity contribution is 5.79. The molecule has 1 aromatic rings. The highest BCUT2D eigenvalue weighted by Gasteiger charge is 2.61. The molecule has 0 bridgehead atoms. The summed E-state index contributed by atoms with van der Waals surface area (Å²) in [7, 11) is 0. The van der Waals surface area contributed by atoms with Gasteiger partial charge in [-0.1, -0.05) is 43.9 Å². The zero-order valence-electron chi connectivity index (χ0n) is 19.5. The molecule has 31 heavy (non-hydrogen) atoms. The van der Waals surface area contributed by atoms with Crippen molar-refractivity contribution in [3.63, 3.8) is 0 Å². The topological polar surface area (TPSA) is 37.3 Å². The van der Waals surface area contributed by atoms with Crippen molar-refractivity contribution in [3.05, 3.63) is 35.9 Å². The molecule has 4 fully saturated rings. The lowest BCUT2D eigenvalue weighted by Crippen LogP contribution is -2.56. The van der Waals surface area contributed by atoms with Crippen molar-refractivity contribution in [1.82, 2.24) is 0 Å². The maximum absolute atomic E-state index is 12.4. The van der Waals surface area contributed by atoms with E-state index in [1.807, 2.05) is 37.3 Å². The summed E-state index contributed by atoms with van der Waals surface area (Å²) in [6, 6.07) is 10.0. The van der Waals surface area contributed by atoms with E-state index in [1.54, 1.807) is 0 Å². The molecule has 1 aromatic carbocycles. The first-order valence-electron chi connectivity index (χ1n) is 12.6. The lowest BCUT2D eigenvalue weighted by molar-refractivity contribution is -0.144. The fourth-order valence-electron chi connectivity index (χ4n) is 8.74. The number of Topliss-reactive ketones (excluding diaryl/α,β-unsaturated/α-hetero) is 1. The molecule has 8 atom stereocenters. The molecule has 5 rings (SSSR count). The predicted octanol–water partition coefficient (Wildman–Crippen LogP) is 6.02. The molecule has 2 heteroatoms. The Morgan fingerprint density at radius 1 is 0.935 bits per heavy atom. The van der Waals surface area contributed by atoms with Crippen LogP contribution in [0.15, 0.2) is 30.3 Å². The molecule has 4 aliphatic rings. The molecule has 0 spiro atoms. The van der Waals surface area contributed by atoms with Gasteiger partial charge in [0.2, 0.25) is 0 Å². The van der Waals surface area contributed by atoms with Gasteiger partial charge in [-0.15, -0.1) is 0 Å². The average Bonchev–Trinajstić information content (AvgIpc) is 3.11. The van der Waals surface area contributed by atoms with Crippen molar-refractivity contribution in [2.45, 2.75) is 84.2 Å². The molecule has 4 saturated carbocycles. The lowest BCUT2D eigenvalue weighted by Gasteiger charge is -2.61. The number of aliphatic hydroxyl groups is 1. The van der Waals surface area contributed by atoms with Crippen molar-refractivity contribution in [2.75, 3.05) is 0 Å². The molecule has 0 saturated heterocycles. The Bertz CT molecular complexity index is 910. The number of hydrogen-bond acceptors (Lipinski definition) is 2. The molecule has 166 valence electrons. The van der Waals surface area contributed by atoms with Crippen LogP contribution >= 0.6 is 0 Å². The van der Waals surface area contributed by atoms with Crippen LogP contribution in [-0.4, -0.2) is 16.5 Å². The summed E-state index contributed by atoms with van der Waals surface area (Å²) in [6.07, 6.45) is 10.0. The maximum Gasteiger partial charge on any atom is 0.133 e. The Labute approximate surface area is 188 Å². The average molecular weight is 419 g/mol. The van der Waals surface area contributed by atoms with Crippen LogP contribution in [0.2, 0.25) is 0 Å². The first-order valence-corrected chi connectivity index (χ1v) is 12.6. The van der Waals surface area contributed by atoms with E-state index in [2.05, 4.69) is 25.7 Å². The third-order valence-electron chi connectivity index (χ3n) is 10.4. The van der Waals surface area contributed by atoms with Crippen LogP contribution in [0.1, 0.15) is 84.1 Å². The second-order valence-corrected chi connectivity index (χ2v) is 11.8. The van der Waals surface area contributed by atoms with E-state index in [9.17, 15) is 9.90 Å². The lowest BCUT2D eigenvalue weighted by atomic mass is 9.44. The molecule has 0 unspecified atom stereocenters. The van der Waals surface area contributed by atoms with E-state index in [1.165, 1.54) is 32.1 Å². The highest BCUT2D eigenvalue weighted by Crippen LogP contribution is 2.68. The normalized spacial score (nSPS) is 46.1. The minimum absolute atomic E-state index is 0.229. The number of carbonyl (C=O) groups excluding carboxylic acids is 1. The third kappa shape index (κ3) is 3.39. The summed E-state index contributed by atoms with van der Waals surface area (Å²) in [5.74, 6) is 10.0. The van der Waals surface area contributed by atoms with Gasteiger partial charge in [0.15, 0.2) is 0 Å². The Morgan fingerprint density at radius 2 is 1.68 bits per heavy atom. The predicted molar refractivity (Wildman–Crippen MR) is 124 cm³/mol. The van der Waals surface area contributed by atoms with E-state index < -0.39 is 5.60 Å². The van der Waals surface area contributed by atoms with Crippen LogP contribution in [0.25, 0.3) is 0 Å². The Morgan fingerprint density at radius 3 is 2.42 bits per heavy atom. The minimum Gasteiger partial charge on any atom is -0.378 e. The van der Waals surface area contributed by atoms with Crippen LogP contribution in [-0.2, 0) is 4.79 Å². The monoisotopic (exact) mass is 418 g/mol. The molecule has 0 heterocycles. The number of fused-ring (bicyclic) bond motifs is 5. The fourth-order valence-corrected chi connectivity index (χ4v) is 8.74. The van der Waals surface area contributed by atoms with Gasteiger partial charge < -0.3 is 5.11 Å². The summed E-state index contributed by atoms with van der Waals surface area (Å²) in [4.78, 5) is 12.4. The quantitative estimate of drug-likeness (QED) is 0.567. The SMILES string of the molecule is CC(=O)[C@H]1CC[C@H]2[C@@H]3CC[C@@H]4C[C@](O)(C#Cc5ccccc5)CC[C@]4(C)[C@H]3CC[C@]12C. The van der Waals surface area contributed by atoms with Crippen LogP contribution in [0.4, 0.5) is 0 Å². The largest absolute Gasteiger partial charge is 0.378 e. The number of benzene rings is 1. The first kappa shape index (κ1) is 21.3. The van der Waals surface area contributed by atoms with Crippen LogP contribution in [0.3, 0.4) is 0 Å². The Hall–Kier alpha value is -1.59. The molecule has 1 N–H and O–H groups in total. The molecular weight excluding hydrogens is 380 g/mol. The van der Waals surface area contributed by atoms with Gasteiger partial charge in [0.1, 0.15) is 11.4 Å². The van der Waals surface area contributed by atoms with Gasteiger partial charge in [0, 0.05) is 11.5 Å². The molecule has 0 aromatic heterocycles. The number of carbonyl (C=O) groups is 1. The number of ketones is 1. The van der Waals surface area contributed by atoms with E-state index in [0.717, 1.165) is 49.0 Å². The van der Waals surface area contributed by atoms with Gasteiger partial charge in [-0.2, -0.15) is 0 Å². The van der Waals surface area contributed by atoms with Gasteiger partial charge in [0.25, 0.3) is 0 Å². The molecule has 0 amide bonds. The van der Waals surface area contributed by atoms with Gasteiger partial charge in [-0.25, -0.2) is 0 Å². The maximum atomic E-state index is 12.4. The van der Waals surface area contributed by atoms with Gasteiger partial charge >= 0.3 is 0 Å². The Balaban J connectivity index is 1.35. The molecular formula is C29H38O2. The Kier molecular flexibility index (Phi) is 5.13. The van der Waals surface area contributed by atoms with Crippen LogP contribution < -0.4 is 0 Å². The summed E-state index contributed by atoms with van der Waals surface area (Å²) in [5.41, 5.74) is 0.690. The summed E-state index contributed by atoms with van der Waals surface area (Å²) in [6.45, 7) is 6.78. The van der Waals surface area contributed by atoms with E-state index in [4.69, 9.17) is 0 Å². The smallest absolute Gasteiger partial charge is 0.133 e. The first-order chi connectivity index (χ1) is 14.8. The zero-order valence-corrected chi connectivity index (χ0v) is 19.5. The van der Waals surface area contributed by atoms with Gasteiger partial charge in [-0.05, 0) is 111 Å². The van der Waals surface area contributed by atoms with Crippen molar-refractivity contribution < 1.29 is 9.90 Å². The molecule has 0 radical (unpaired) electrons. The van der Waals surface area contributed by atoms with Crippen molar-refractivity contribution in [2.24, 2.45) is 40.4 Å². The molecule has 4 aliphatic carbocycles. The summed E-state index contributed by atoms with van der Waals surface area (Å²) >= 11 is 0. The van der Waals surface area contributed by atoms with Crippen LogP contribution in [0.5, 0.6) is 0 Å². The van der Waals surface area contributed by atoms with Crippen molar-refractivity contribution in [1.29, 1.82) is 0 Å². The zero-order chi connectivity index (χ0) is 21.9. The summed E-state index contributed by atoms with van der Waals surface area (Å²) < 4.78 is 0. The van der Waals surface area contributed by atoms with E-state index >= 15 is 0 Å². The number of rotatable bonds is 1. The molecule has 0 aliphatic heterocycles. The summed E-state index contributed by atoms with van der Waals surface area (Å²) in [5, 5.41) is 11.4. The second kappa shape index (κ2) is 7.48. The molecule has 2 nitrogen and oxygen atoms in total. The van der Waals surface area contributed by atoms with E-state index in [0.29, 0.717) is 17.1 Å². The highest BCUT2D eigenvalue weighted by atomic mass is 16.3. The van der Waals surface area contributed by atoms with Crippen LogP contribution in [0, 0.1) is 52.3 Å². The van der Waals surface area contributed by atoms with Gasteiger partial charge in [0.05, 0.1) is 0 Å². The minimum atomic E-state index is -0.844. The second-order valence-electron chi connectivity index (χ2n) is 11.8. The fraction of sp³-hybridized carbons (Fsp3) is 0.690. The van der Waals surface area contributed by atoms with Crippen molar-refractivity contribution in [3.8, 4) is 11.8 Å². The van der Waals surface area contributed by atoms with Crippen molar-refractivity contribution >= 4 is 5.78 Å². The number of hydrogen-bond donors (Lipinski definition) is 1. The standard InChI is InChI=1S/C29H38O2/c1-20(30)24-11-12-25-23-10-9-22-19-29(31,16-13-21-7-5-4-6-8-21)18-17-27(22,2)26(23)14-15-28(24,25)3/h4-8,22-26,31H,9-12,14-15,17-19H2,1-3H3/t22-,23+,24-,25+,26+,27+,28-,29+/m1/s1. The third-order valence-corrected chi connectivity index (χ3v) is 10.4. The van der Waals surface area contributed by atoms with Gasteiger partial charge in [-0.3, -0.25) is 4.79 Å².